The van der Waals surface area contributed by atoms with Crippen LogP contribution in [0.4, 0.5) is 0 Å². The SMILES string of the molecule is O=C(C=Cc1cccc2ccccc12)c1cc(Cl)cc(Cl)c1O. The van der Waals surface area contributed by atoms with E-state index in [0.717, 1.165) is 16.3 Å². The van der Waals surface area contributed by atoms with Gasteiger partial charge in [0.1, 0.15) is 5.75 Å². The number of phenols is 1. The Hall–Kier alpha value is -2.29. The van der Waals surface area contributed by atoms with Crippen molar-refractivity contribution in [3.8, 4) is 5.75 Å². The van der Waals surface area contributed by atoms with E-state index >= 15 is 0 Å². The molecule has 1 N–H and O–H groups in total. The highest BCUT2D eigenvalue weighted by Crippen LogP contribution is 2.31. The van der Waals surface area contributed by atoms with Gasteiger partial charge in [-0.15, -0.1) is 0 Å². The highest BCUT2D eigenvalue weighted by molar-refractivity contribution is 6.36. The summed E-state index contributed by atoms with van der Waals surface area (Å²) in [7, 11) is 0. The first-order valence-corrected chi connectivity index (χ1v) is 7.70. The molecule has 23 heavy (non-hydrogen) atoms. The predicted octanol–water partition coefficient (Wildman–Crippen LogP) is 5.75. The number of carbonyl (C=O) groups is 1. The van der Waals surface area contributed by atoms with Gasteiger partial charge in [0.25, 0.3) is 0 Å². The Morgan fingerprint density at radius 3 is 2.57 bits per heavy atom. The molecule has 0 saturated heterocycles. The molecular weight excluding hydrogens is 331 g/mol. The van der Waals surface area contributed by atoms with Crippen molar-refractivity contribution in [3.05, 3.63) is 81.8 Å². The van der Waals surface area contributed by atoms with Crippen LogP contribution in [0.5, 0.6) is 5.75 Å². The number of hydrogen-bond acceptors (Lipinski definition) is 2. The third-order valence-corrected chi connectivity index (χ3v) is 4.04. The van der Waals surface area contributed by atoms with Gasteiger partial charge in [-0.25, -0.2) is 0 Å². The number of halogens is 2. The number of carbonyl (C=O) groups excluding carboxylic acids is 1. The van der Waals surface area contributed by atoms with Crippen LogP contribution in [-0.4, -0.2) is 10.9 Å². The Balaban J connectivity index is 1.98. The minimum atomic E-state index is -0.361. The van der Waals surface area contributed by atoms with E-state index in [1.165, 1.54) is 18.2 Å². The first-order valence-electron chi connectivity index (χ1n) is 6.94. The lowest BCUT2D eigenvalue weighted by Gasteiger charge is -2.04. The van der Waals surface area contributed by atoms with Crippen LogP contribution in [0.1, 0.15) is 15.9 Å². The maximum atomic E-state index is 12.3. The Bertz CT molecular complexity index is 925. The van der Waals surface area contributed by atoms with Crippen LogP contribution in [0.25, 0.3) is 16.8 Å². The van der Waals surface area contributed by atoms with Crippen molar-refractivity contribution in [2.45, 2.75) is 0 Å². The number of fused-ring (bicyclic) bond motifs is 1. The number of ketones is 1. The van der Waals surface area contributed by atoms with Crippen LogP contribution in [0.3, 0.4) is 0 Å². The van der Waals surface area contributed by atoms with E-state index in [-0.39, 0.29) is 22.1 Å². The number of allylic oxidation sites excluding steroid dienone is 1. The third-order valence-electron chi connectivity index (χ3n) is 3.53. The minimum absolute atomic E-state index is 0.0550. The number of benzene rings is 3. The van der Waals surface area contributed by atoms with E-state index in [4.69, 9.17) is 23.2 Å². The molecule has 0 saturated carbocycles. The van der Waals surface area contributed by atoms with E-state index in [9.17, 15) is 9.90 Å². The molecule has 3 rings (SSSR count). The van der Waals surface area contributed by atoms with Crippen LogP contribution in [-0.2, 0) is 0 Å². The molecule has 0 aliphatic heterocycles. The standard InChI is InChI=1S/C19H12Cl2O2/c20-14-10-16(19(23)17(21)11-14)18(22)9-8-13-6-3-5-12-4-1-2-7-15(12)13/h1-11,23H. The Morgan fingerprint density at radius 2 is 1.74 bits per heavy atom. The van der Waals surface area contributed by atoms with Crippen LogP contribution in [0.15, 0.2) is 60.7 Å². The quantitative estimate of drug-likeness (QED) is 0.486. The smallest absolute Gasteiger partial charge is 0.189 e. The van der Waals surface area contributed by atoms with Crippen molar-refractivity contribution in [2.75, 3.05) is 0 Å². The van der Waals surface area contributed by atoms with E-state index in [0.29, 0.717) is 5.02 Å². The topological polar surface area (TPSA) is 37.3 Å². The van der Waals surface area contributed by atoms with Gasteiger partial charge in [-0.3, -0.25) is 4.79 Å². The van der Waals surface area contributed by atoms with E-state index in [2.05, 4.69) is 0 Å². The molecule has 0 aliphatic carbocycles. The fourth-order valence-electron chi connectivity index (χ4n) is 2.40. The number of phenolic OH excluding ortho intramolecular Hbond substituents is 1. The van der Waals surface area contributed by atoms with Gasteiger partial charge in [-0.2, -0.15) is 0 Å². The Kier molecular flexibility index (Phi) is 4.37. The molecule has 0 spiro atoms. The van der Waals surface area contributed by atoms with Gasteiger partial charge in [-0.05, 0) is 34.5 Å². The zero-order chi connectivity index (χ0) is 16.4. The average Bonchev–Trinajstić information content (AvgIpc) is 2.55. The monoisotopic (exact) mass is 342 g/mol. The molecule has 114 valence electrons. The Labute approximate surface area is 143 Å². The van der Waals surface area contributed by atoms with Gasteiger partial charge in [0, 0.05) is 5.02 Å². The van der Waals surface area contributed by atoms with Crippen LogP contribution < -0.4 is 0 Å². The molecule has 0 bridgehead atoms. The minimum Gasteiger partial charge on any atom is -0.506 e. The van der Waals surface area contributed by atoms with Gasteiger partial charge in [0.05, 0.1) is 10.6 Å². The fraction of sp³-hybridized carbons (Fsp3) is 0. The van der Waals surface area contributed by atoms with E-state index < -0.39 is 0 Å². The molecule has 0 fully saturated rings. The molecule has 0 aromatic heterocycles. The molecular formula is C19H12Cl2O2. The summed E-state index contributed by atoms with van der Waals surface area (Å²) < 4.78 is 0. The summed E-state index contributed by atoms with van der Waals surface area (Å²) in [5.74, 6) is -0.622. The lowest BCUT2D eigenvalue weighted by molar-refractivity contribution is 0.104. The van der Waals surface area contributed by atoms with Crippen molar-refractivity contribution in [3.63, 3.8) is 0 Å². The molecule has 0 atom stereocenters. The fourth-order valence-corrected chi connectivity index (χ4v) is 2.90. The highest BCUT2D eigenvalue weighted by Gasteiger charge is 2.13. The summed E-state index contributed by atoms with van der Waals surface area (Å²) in [5, 5.41) is 12.4. The van der Waals surface area contributed by atoms with Crippen LogP contribution in [0.2, 0.25) is 10.0 Å². The summed E-state index contributed by atoms with van der Waals surface area (Å²) in [6, 6.07) is 16.6. The van der Waals surface area contributed by atoms with Gasteiger partial charge >= 0.3 is 0 Å². The largest absolute Gasteiger partial charge is 0.506 e. The van der Waals surface area contributed by atoms with Crippen molar-refractivity contribution in [1.29, 1.82) is 0 Å². The van der Waals surface area contributed by atoms with Gasteiger partial charge in [0.2, 0.25) is 0 Å². The second-order valence-corrected chi connectivity index (χ2v) is 5.89. The maximum Gasteiger partial charge on any atom is 0.189 e. The Morgan fingerprint density at radius 1 is 1.00 bits per heavy atom. The van der Waals surface area contributed by atoms with Gasteiger partial charge in [-0.1, -0.05) is 71.7 Å². The molecule has 0 amide bonds. The first kappa shape index (κ1) is 15.6. The van der Waals surface area contributed by atoms with Crippen molar-refractivity contribution < 1.29 is 9.90 Å². The van der Waals surface area contributed by atoms with Crippen molar-refractivity contribution in [2.24, 2.45) is 0 Å². The van der Waals surface area contributed by atoms with Gasteiger partial charge in [0.15, 0.2) is 5.78 Å². The maximum absolute atomic E-state index is 12.3. The van der Waals surface area contributed by atoms with Crippen LogP contribution in [0, 0.1) is 0 Å². The average molecular weight is 343 g/mol. The number of rotatable bonds is 3. The summed E-state index contributed by atoms with van der Waals surface area (Å²) in [6.45, 7) is 0. The molecule has 0 heterocycles. The predicted molar refractivity (Wildman–Crippen MR) is 95.4 cm³/mol. The third kappa shape index (κ3) is 3.24. The molecule has 2 nitrogen and oxygen atoms in total. The molecule has 4 heteroatoms. The summed E-state index contributed by atoms with van der Waals surface area (Å²) in [5.41, 5.74) is 1.00. The lowest BCUT2D eigenvalue weighted by Crippen LogP contribution is -1.95. The second kappa shape index (κ2) is 6.45. The van der Waals surface area contributed by atoms with Crippen molar-refractivity contribution >= 4 is 45.8 Å². The molecule has 3 aromatic carbocycles. The molecule has 0 unspecified atom stereocenters. The second-order valence-electron chi connectivity index (χ2n) is 5.05. The van der Waals surface area contributed by atoms with Crippen molar-refractivity contribution in [1.82, 2.24) is 0 Å². The summed E-state index contributed by atoms with van der Waals surface area (Å²) in [6.07, 6.45) is 3.13. The summed E-state index contributed by atoms with van der Waals surface area (Å²) in [4.78, 5) is 12.3. The normalized spacial score (nSPS) is 11.2. The molecule has 3 aromatic rings. The zero-order valence-electron chi connectivity index (χ0n) is 12.0. The van der Waals surface area contributed by atoms with Gasteiger partial charge < -0.3 is 5.11 Å². The highest BCUT2D eigenvalue weighted by atomic mass is 35.5. The number of aromatic hydroxyl groups is 1. The molecule has 0 aliphatic rings. The zero-order valence-corrected chi connectivity index (χ0v) is 13.5. The first-order chi connectivity index (χ1) is 11.1. The number of hydrogen-bond donors (Lipinski definition) is 1. The lowest BCUT2D eigenvalue weighted by atomic mass is 10.0. The van der Waals surface area contributed by atoms with E-state index in [1.807, 2.05) is 42.5 Å². The van der Waals surface area contributed by atoms with Crippen LogP contribution >= 0.6 is 23.2 Å². The van der Waals surface area contributed by atoms with E-state index in [1.54, 1.807) is 6.08 Å². The summed E-state index contributed by atoms with van der Waals surface area (Å²) >= 11 is 11.7. The molecule has 0 radical (unpaired) electrons.